The molecule has 1 atom stereocenters. The Labute approximate surface area is 92.8 Å². The number of carboxylic acids is 1. The largest absolute Gasteiger partial charge is 0.480 e. The summed E-state index contributed by atoms with van der Waals surface area (Å²) in [4.78, 5) is 21.6. The highest BCUT2D eigenvalue weighted by atomic mass is 32.2. The Hall–Kier alpha value is -0.750. The average Bonchev–Trinajstić information content (AvgIpc) is 2.97. The minimum Gasteiger partial charge on any atom is -0.480 e. The van der Waals surface area contributed by atoms with Crippen LogP contribution in [0.25, 0.3) is 0 Å². The predicted octanol–water partition coefficient (Wildman–Crippen LogP) is -0.342. The number of nitrogens with two attached hydrogens (primary N) is 1. The lowest BCUT2D eigenvalue weighted by Gasteiger charge is -2.06. The minimum atomic E-state index is -1.03. The van der Waals surface area contributed by atoms with E-state index in [0.717, 1.165) is 6.54 Å². The number of carbonyl (C=O) groups is 2. The van der Waals surface area contributed by atoms with Crippen LogP contribution in [0.1, 0.15) is 12.8 Å². The van der Waals surface area contributed by atoms with Crippen LogP contribution in [0, 0.1) is 5.92 Å². The van der Waals surface area contributed by atoms with Crippen LogP contribution >= 0.6 is 11.8 Å². The normalized spacial score (nSPS) is 17.1. The zero-order valence-corrected chi connectivity index (χ0v) is 9.26. The van der Waals surface area contributed by atoms with Crippen molar-refractivity contribution in [2.24, 2.45) is 11.7 Å². The van der Waals surface area contributed by atoms with E-state index in [1.165, 1.54) is 24.6 Å². The second-order valence-electron chi connectivity index (χ2n) is 3.71. The van der Waals surface area contributed by atoms with Gasteiger partial charge in [-0.15, -0.1) is 11.8 Å². The van der Waals surface area contributed by atoms with Crippen molar-refractivity contribution in [3.05, 3.63) is 0 Å². The number of amides is 1. The van der Waals surface area contributed by atoms with E-state index in [2.05, 4.69) is 5.32 Å². The molecule has 0 bridgehead atoms. The third-order valence-corrected chi connectivity index (χ3v) is 3.19. The molecule has 1 rings (SSSR count). The molecular weight excluding hydrogens is 216 g/mol. The predicted molar refractivity (Wildman–Crippen MR) is 58.7 cm³/mol. The molecule has 0 aromatic heterocycles. The lowest BCUT2D eigenvalue weighted by Crippen LogP contribution is -2.33. The first-order chi connectivity index (χ1) is 7.09. The number of hydrogen-bond acceptors (Lipinski definition) is 4. The van der Waals surface area contributed by atoms with Gasteiger partial charge in [0.25, 0.3) is 0 Å². The lowest BCUT2D eigenvalue weighted by atomic mass is 10.4. The maximum Gasteiger partial charge on any atom is 0.321 e. The SMILES string of the molecule is NC(CSCC(=O)NCC1CC1)C(=O)O. The highest BCUT2D eigenvalue weighted by molar-refractivity contribution is 8.00. The van der Waals surface area contributed by atoms with Gasteiger partial charge in [-0.1, -0.05) is 0 Å². The summed E-state index contributed by atoms with van der Waals surface area (Å²) >= 11 is 1.25. The molecule has 0 aromatic rings. The fourth-order valence-corrected chi connectivity index (χ4v) is 1.78. The van der Waals surface area contributed by atoms with Gasteiger partial charge in [-0.3, -0.25) is 9.59 Å². The molecular formula is C9H16N2O3S. The van der Waals surface area contributed by atoms with Crippen molar-refractivity contribution in [1.82, 2.24) is 5.32 Å². The second-order valence-corrected chi connectivity index (χ2v) is 4.74. The first-order valence-corrected chi connectivity index (χ1v) is 6.08. The molecule has 0 heterocycles. The van der Waals surface area contributed by atoms with E-state index in [1.54, 1.807) is 0 Å². The van der Waals surface area contributed by atoms with Gasteiger partial charge in [0.05, 0.1) is 5.75 Å². The smallest absolute Gasteiger partial charge is 0.321 e. The Morgan fingerprint density at radius 2 is 2.20 bits per heavy atom. The number of hydrogen-bond donors (Lipinski definition) is 3. The molecule has 1 aliphatic rings. The summed E-state index contributed by atoms with van der Waals surface area (Å²) in [5, 5.41) is 11.3. The number of rotatable bonds is 7. The first-order valence-electron chi connectivity index (χ1n) is 4.92. The summed E-state index contributed by atoms with van der Waals surface area (Å²) in [5.41, 5.74) is 5.28. The first kappa shape index (κ1) is 12.3. The van der Waals surface area contributed by atoms with E-state index < -0.39 is 12.0 Å². The van der Waals surface area contributed by atoms with Crippen LogP contribution in [-0.2, 0) is 9.59 Å². The Kier molecular flexibility index (Phi) is 4.90. The van der Waals surface area contributed by atoms with Gasteiger partial charge in [-0.2, -0.15) is 0 Å². The van der Waals surface area contributed by atoms with Gasteiger partial charge in [-0.05, 0) is 18.8 Å². The maximum atomic E-state index is 11.2. The number of nitrogens with one attached hydrogen (secondary N) is 1. The van der Waals surface area contributed by atoms with E-state index in [4.69, 9.17) is 10.8 Å². The fraction of sp³-hybridized carbons (Fsp3) is 0.778. The van der Waals surface area contributed by atoms with E-state index in [1.807, 2.05) is 0 Å². The molecule has 5 nitrogen and oxygen atoms in total. The van der Waals surface area contributed by atoms with Gasteiger partial charge >= 0.3 is 5.97 Å². The molecule has 0 saturated heterocycles. The molecule has 0 spiro atoms. The summed E-state index contributed by atoms with van der Waals surface area (Å²) in [6, 6.07) is -0.883. The molecule has 1 saturated carbocycles. The minimum absolute atomic E-state index is 0.0375. The molecule has 0 aromatic carbocycles. The summed E-state index contributed by atoms with van der Waals surface area (Å²) in [6.45, 7) is 0.754. The number of thioether (sulfide) groups is 1. The van der Waals surface area contributed by atoms with Gasteiger partial charge in [-0.25, -0.2) is 0 Å². The van der Waals surface area contributed by atoms with Crippen molar-refractivity contribution >= 4 is 23.6 Å². The summed E-state index contributed by atoms with van der Waals surface area (Å²) in [6.07, 6.45) is 2.41. The van der Waals surface area contributed by atoms with E-state index in [0.29, 0.717) is 5.92 Å². The molecule has 0 aliphatic heterocycles. The standard InChI is InChI=1S/C9H16N2O3S/c10-7(9(13)14)4-15-5-8(12)11-3-6-1-2-6/h6-7H,1-5,10H2,(H,11,12)(H,13,14). The van der Waals surface area contributed by atoms with Crippen LogP contribution in [0.3, 0.4) is 0 Å². The Bertz CT molecular complexity index is 244. The molecule has 0 radical (unpaired) electrons. The van der Waals surface area contributed by atoms with Crippen molar-refractivity contribution in [3.63, 3.8) is 0 Å². The highest BCUT2D eigenvalue weighted by Crippen LogP contribution is 2.27. The fourth-order valence-electron chi connectivity index (χ4n) is 0.981. The van der Waals surface area contributed by atoms with Crippen molar-refractivity contribution < 1.29 is 14.7 Å². The van der Waals surface area contributed by atoms with Gasteiger partial charge in [0.2, 0.25) is 5.91 Å². The van der Waals surface area contributed by atoms with Crippen molar-refractivity contribution in [1.29, 1.82) is 0 Å². The Morgan fingerprint density at radius 3 is 2.73 bits per heavy atom. The third-order valence-electron chi connectivity index (χ3n) is 2.13. The topological polar surface area (TPSA) is 92.4 Å². The van der Waals surface area contributed by atoms with E-state index >= 15 is 0 Å². The summed E-state index contributed by atoms with van der Waals surface area (Å²) in [7, 11) is 0. The van der Waals surface area contributed by atoms with Crippen molar-refractivity contribution in [3.8, 4) is 0 Å². The second kappa shape index (κ2) is 5.97. The number of aliphatic carboxylic acids is 1. The van der Waals surface area contributed by atoms with Gasteiger partial charge in [0.15, 0.2) is 0 Å². The Morgan fingerprint density at radius 1 is 1.53 bits per heavy atom. The lowest BCUT2D eigenvalue weighted by molar-refractivity contribution is -0.137. The zero-order valence-electron chi connectivity index (χ0n) is 8.44. The molecule has 1 amide bonds. The molecule has 6 heteroatoms. The van der Waals surface area contributed by atoms with Crippen molar-refractivity contribution in [2.75, 3.05) is 18.1 Å². The summed E-state index contributed by atoms with van der Waals surface area (Å²) < 4.78 is 0. The molecule has 1 unspecified atom stereocenters. The van der Waals surface area contributed by atoms with Crippen LogP contribution < -0.4 is 11.1 Å². The van der Waals surface area contributed by atoms with Crippen LogP contribution in [0.5, 0.6) is 0 Å². The van der Waals surface area contributed by atoms with Crippen LogP contribution in [0.4, 0.5) is 0 Å². The highest BCUT2D eigenvalue weighted by Gasteiger charge is 2.21. The van der Waals surface area contributed by atoms with Gasteiger partial charge < -0.3 is 16.2 Å². The monoisotopic (exact) mass is 232 g/mol. The molecule has 1 aliphatic carbocycles. The molecule has 15 heavy (non-hydrogen) atoms. The van der Waals surface area contributed by atoms with E-state index in [-0.39, 0.29) is 17.4 Å². The molecule has 86 valence electrons. The quantitative estimate of drug-likeness (QED) is 0.558. The Balaban J connectivity index is 1.98. The van der Waals surface area contributed by atoms with Crippen LogP contribution in [0.2, 0.25) is 0 Å². The molecule has 1 fully saturated rings. The average molecular weight is 232 g/mol. The summed E-state index contributed by atoms with van der Waals surface area (Å²) in [5.74, 6) is 0.158. The van der Waals surface area contributed by atoms with Gasteiger partial charge in [0, 0.05) is 12.3 Å². The maximum absolute atomic E-state index is 11.2. The third kappa shape index (κ3) is 5.64. The zero-order chi connectivity index (χ0) is 11.3. The number of carboxylic acid groups (broad SMARTS) is 1. The molecule has 4 N–H and O–H groups in total. The van der Waals surface area contributed by atoms with E-state index in [9.17, 15) is 9.59 Å². The van der Waals surface area contributed by atoms with Crippen LogP contribution in [-0.4, -0.2) is 41.1 Å². The number of carbonyl (C=O) groups excluding carboxylic acids is 1. The van der Waals surface area contributed by atoms with Gasteiger partial charge in [0.1, 0.15) is 6.04 Å². The van der Waals surface area contributed by atoms with Crippen LogP contribution in [0.15, 0.2) is 0 Å². The van der Waals surface area contributed by atoms with Crippen molar-refractivity contribution in [2.45, 2.75) is 18.9 Å².